The van der Waals surface area contributed by atoms with Gasteiger partial charge in [-0.05, 0) is 36.4 Å². The molecule has 180 valence electrons. The molecule has 0 fully saturated rings. The third-order valence-electron chi connectivity index (χ3n) is 5.35. The van der Waals surface area contributed by atoms with E-state index in [2.05, 4.69) is 21.0 Å². The summed E-state index contributed by atoms with van der Waals surface area (Å²) in [5.41, 5.74) is 1.45. The van der Waals surface area contributed by atoms with Crippen molar-refractivity contribution in [2.45, 2.75) is 32.8 Å². The maximum atomic E-state index is 13.4. The van der Waals surface area contributed by atoms with Crippen molar-refractivity contribution in [2.75, 3.05) is 7.11 Å². The summed E-state index contributed by atoms with van der Waals surface area (Å²) in [6, 6.07) is 18.4. The van der Waals surface area contributed by atoms with Crippen LogP contribution >= 0.6 is 27.5 Å². The number of nitrogens with zero attached hydrogens (tertiary/aromatic N) is 3. The van der Waals surface area contributed by atoms with E-state index in [4.69, 9.17) is 26.1 Å². The van der Waals surface area contributed by atoms with Gasteiger partial charge in [-0.25, -0.2) is 4.98 Å². The molecule has 0 spiro atoms. The topological polar surface area (TPSA) is 65.7 Å². The number of hydrogen-bond acceptors (Lipinski definition) is 5. The van der Waals surface area contributed by atoms with E-state index in [0.717, 1.165) is 10.0 Å². The van der Waals surface area contributed by atoms with Gasteiger partial charge in [-0.1, -0.05) is 72.6 Å². The van der Waals surface area contributed by atoms with Crippen molar-refractivity contribution in [1.82, 2.24) is 9.66 Å². The van der Waals surface area contributed by atoms with E-state index in [1.807, 2.05) is 69.3 Å². The number of halogens is 2. The molecule has 0 amide bonds. The summed E-state index contributed by atoms with van der Waals surface area (Å²) in [4.78, 5) is 18.2. The minimum Gasteiger partial charge on any atom is -0.493 e. The molecule has 4 rings (SSSR count). The molecule has 0 radical (unpaired) electrons. The number of benzene rings is 3. The first-order valence-electron chi connectivity index (χ1n) is 11.0. The predicted molar refractivity (Wildman–Crippen MR) is 144 cm³/mol. The first-order valence-corrected chi connectivity index (χ1v) is 12.2. The third kappa shape index (κ3) is 5.41. The Hall–Kier alpha value is -3.16. The lowest BCUT2D eigenvalue weighted by molar-refractivity contribution is 0.284. The Morgan fingerprint density at radius 1 is 1.11 bits per heavy atom. The number of methoxy groups -OCH3 is 1. The molecule has 3 aromatic carbocycles. The van der Waals surface area contributed by atoms with Crippen LogP contribution in [0.15, 0.2) is 75.0 Å². The minimum atomic E-state index is -0.421. The summed E-state index contributed by atoms with van der Waals surface area (Å²) in [6.45, 7) is 6.24. The van der Waals surface area contributed by atoms with Crippen LogP contribution in [0.4, 0.5) is 0 Å². The highest BCUT2D eigenvalue weighted by Crippen LogP contribution is 2.32. The zero-order chi connectivity index (χ0) is 25.2. The van der Waals surface area contributed by atoms with E-state index in [1.165, 1.54) is 4.68 Å². The molecular weight excluding hydrogens is 530 g/mol. The van der Waals surface area contributed by atoms with Crippen LogP contribution in [0, 0.1) is 0 Å². The van der Waals surface area contributed by atoms with Crippen LogP contribution in [-0.4, -0.2) is 23.0 Å². The fourth-order valence-electron chi connectivity index (χ4n) is 3.58. The molecule has 0 N–H and O–H groups in total. The Kier molecular flexibility index (Phi) is 7.28. The second-order valence-electron chi connectivity index (χ2n) is 8.97. The Labute approximate surface area is 217 Å². The van der Waals surface area contributed by atoms with Crippen LogP contribution in [0.5, 0.6) is 11.5 Å². The monoisotopic (exact) mass is 553 g/mol. The quantitative estimate of drug-likeness (QED) is 0.253. The fourth-order valence-corrected chi connectivity index (χ4v) is 4.13. The second kappa shape index (κ2) is 10.2. The number of ether oxygens (including phenoxy) is 2. The van der Waals surface area contributed by atoms with Gasteiger partial charge in [0.1, 0.15) is 12.4 Å². The van der Waals surface area contributed by atoms with Crippen LogP contribution < -0.4 is 15.0 Å². The zero-order valence-electron chi connectivity index (χ0n) is 19.9. The van der Waals surface area contributed by atoms with Crippen molar-refractivity contribution in [3.8, 4) is 11.5 Å². The molecule has 0 aliphatic carbocycles. The van der Waals surface area contributed by atoms with E-state index in [0.29, 0.717) is 38.8 Å². The number of para-hydroxylation sites is 1. The van der Waals surface area contributed by atoms with Crippen LogP contribution in [-0.2, 0) is 12.0 Å². The normalized spacial score (nSPS) is 11.8. The van der Waals surface area contributed by atoms with Gasteiger partial charge in [-0.3, -0.25) is 4.79 Å². The number of rotatable bonds is 6. The van der Waals surface area contributed by atoms with Crippen LogP contribution in [0.25, 0.3) is 10.9 Å². The zero-order valence-corrected chi connectivity index (χ0v) is 22.2. The Morgan fingerprint density at radius 2 is 1.89 bits per heavy atom. The first-order chi connectivity index (χ1) is 16.7. The molecule has 0 atom stereocenters. The molecule has 35 heavy (non-hydrogen) atoms. The molecule has 0 saturated carbocycles. The highest BCUT2D eigenvalue weighted by Gasteiger charge is 2.23. The van der Waals surface area contributed by atoms with Crippen molar-refractivity contribution in [2.24, 2.45) is 5.10 Å². The van der Waals surface area contributed by atoms with E-state index in [-0.39, 0.29) is 12.2 Å². The average Bonchev–Trinajstić information content (AvgIpc) is 2.82. The summed E-state index contributed by atoms with van der Waals surface area (Å²) in [7, 11) is 1.58. The molecule has 8 heteroatoms. The molecule has 4 aromatic rings. The Morgan fingerprint density at radius 3 is 2.60 bits per heavy atom. The second-order valence-corrected chi connectivity index (χ2v) is 10.3. The lowest BCUT2D eigenvalue weighted by atomic mass is 9.95. The van der Waals surface area contributed by atoms with Crippen LogP contribution in [0.1, 0.15) is 37.7 Å². The summed E-state index contributed by atoms with van der Waals surface area (Å²) in [5.74, 6) is 1.60. The number of hydrogen-bond donors (Lipinski definition) is 0. The molecule has 1 aromatic heterocycles. The summed E-state index contributed by atoms with van der Waals surface area (Å²) in [6.07, 6.45) is 1.59. The van der Waals surface area contributed by atoms with Crippen molar-refractivity contribution < 1.29 is 9.47 Å². The predicted octanol–water partition coefficient (Wildman–Crippen LogP) is 6.58. The molecule has 1 heterocycles. The number of fused-ring (bicyclic) bond motifs is 1. The molecule has 0 aliphatic rings. The molecule has 0 saturated heterocycles. The largest absolute Gasteiger partial charge is 0.493 e. The molecule has 0 unspecified atom stereocenters. The molecule has 6 nitrogen and oxygen atoms in total. The highest BCUT2D eigenvalue weighted by atomic mass is 79.9. The molecular formula is C27H25BrClN3O3. The minimum absolute atomic E-state index is 0.250. The summed E-state index contributed by atoms with van der Waals surface area (Å²) >= 11 is 9.73. The number of aromatic nitrogens is 2. The third-order valence-corrected chi connectivity index (χ3v) is 6.21. The lowest BCUT2D eigenvalue weighted by Gasteiger charge is -2.21. The van der Waals surface area contributed by atoms with Gasteiger partial charge in [0.2, 0.25) is 0 Å². The van der Waals surface area contributed by atoms with E-state index < -0.39 is 5.41 Å². The van der Waals surface area contributed by atoms with Gasteiger partial charge in [0.25, 0.3) is 5.56 Å². The van der Waals surface area contributed by atoms with Gasteiger partial charge in [0.15, 0.2) is 11.5 Å². The van der Waals surface area contributed by atoms with Gasteiger partial charge in [0.05, 0.1) is 24.2 Å². The first kappa shape index (κ1) is 24.9. The van der Waals surface area contributed by atoms with E-state index in [1.54, 1.807) is 25.5 Å². The van der Waals surface area contributed by atoms with E-state index >= 15 is 0 Å². The lowest BCUT2D eigenvalue weighted by Crippen LogP contribution is -2.29. The Balaban J connectivity index is 1.80. The Bertz CT molecular complexity index is 1480. The maximum absolute atomic E-state index is 13.4. The van der Waals surface area contributed by atoms with Gasteiger partial charge in [-0.2, -0.15) is 9.78 Å². The van der Waals surface area contributed by atoms with Crippen molar-refractivity contribution in [3.63, 3.8) is 0 Å². The van der Waals surface area contributed by atoms with Gasteiger partial charge in [-0.15, -0.1) is 0 Å². The smallest absolute Gasteiger partial charge is 0.282 e. The average molecular weight is 555 g/mol. The van der Waals surface area contributed by atoms with Crippen molar-refractivity contribution >= 4 is 44.6 Å². The van der Waals surface area contributed by atoms with E-state index in [9.17, 15) is 4.79 Å². The molecule has 0 bridgehead atoms. The maximum Gasteiger partial charge on any atom is 0.282 e. The van der Waals surface area contributed by atoms with Gasteiger partial charge >= 0.3 is 0 Å². The summed E-state index contributed by atoms with van der Waals surface area (Å²) in [5, 5.41) is 5.67. The fraction of sp³-hybridized carbons (Fsp3) is 0.222. The molecule has 0 aliphatic heterocycles. The highest BCUT2D eigenvalue weighted by molar-refractivity contribution is 9.10. The van der Waals surface area contributed by atoms with Gasteiger partial charge < -0.3 is 9.47 Å². The SMILES string of the molecule is COc1cccc(C=Nn2c(C(C)(C)C)nc3ccc(Br)cc3c2=O)c1OCc1ccccc1Cl. The standard InChI is InChI=1S/C27H25BrClN3O3/c1-27(2,3)26-31-22-13-12-19(28)14-20(22)25(33)32(26)30-15-17-9-7-11-23(34-4)24(17)35-16-18-8-5-6-10-21(18)29/h5-15H,16H2,1-4H3. The van der Waals surface area contributed by atoms with Crippen molar-refractivity contribution in [3.05, 3.63) is 97.5 Å². The van der Waals surface area contributed by atoms with Crippen LogP contribution in [0.2, 0.25) is 5.02 Å². The van der Waals surface area contributed by atoms with Crippen molar-refractivity contribution in [1.29, 1.82) is 0 Å². The summed E-state index contributed by atoms with van der Waals surface area (Å²) < 4.78 is 13.8. The van der Waals surface area contributed by atoms with Gasteiger partial charge in [0, 0.05) is 26.0 Å². The van der Waals surface area contributed by atoms with Crippen LogP contribution in [0.3, 0.4) is 0 Å².